The van der Waals surface area contributed by atoms with Crippen molar-refractivity contribution in [3.05, 3.63) is 11.4 Å². The first kappa shape index (κ1) is 14.1. The number of hydrogen-bond acceptors (Lipinski definition) is 4. The van der Waals surface area contributed by atoms with Crippen molar-refractivity contribution in [1.82, 2.24) is 9.97 Å². The van der Waals surface area contributed by atoms with E-state index in [0.29, 0.717) is 5.41 Å². The van der Waals surface area contributed by atoms with Crippen molar-refractivity contribution in [3.63, 3.8) is 0 Å². The highest BCUT2D eigenvalue weighted by Crippen LogP contribution is 2.49. The van der Waals surface area contributed by atoms with E-state index in [1.165, 1.54) is 25.7 Å². The molecule has 0 radical (unpaired) electrons. The molecule has 0 aliphatic heterocycles. The van der Waals surface area contributed by atoms with Gasteiger partial charge in [-0.3, -0.25) is 0 Å². The summed E-state index contributed by atoms with van der Waals surface area (Å²) in [4.78, 5) is 9.13. The van der Waals surface area contributed by atoms with Crippen LogP contribution in [0.15, 0.2) is 0 Å². The zero-order chi connectivity index (χ0) is 13.9. The maximum absolute atomic E-state index is 4.63. The summed E-state index contributed by atoms with van der Waals surface area (Å²) in [5, 5.41) is 6.72. The predicted molar refractivity (Wildman–Crippen MR) is 80.8 cm³/mol. The van der Waals surface area contributed by atoms with Crippen LogP contribution in [0, 0.1) is 12.3 Å². The molecule has 4 heteroatoms. The lowest BCUT2D eigenvalue weighted by Gasteiger charge is -2.18. The fraction of sp³-hybridized carbons (Fsp3) is 0.733. The fourth-order valence-electron chi connectivity index (χ4n) is 2.63. The minimum atomic E-state index is 0.540. The molecule has 0 atom stereocenters. The second kappa shape index (κ2) is 5.76. The van der Waals surface area contributed by atoms with Crippen molar-refractivity contribution >= 4 is 11.6 Å². The Balaban J connectivity index is 2.11. The number of aromatic nitrogens is 2. The quantitative estimate of drug-likeness (QED) is 0.791. The largest absolute Gasteiger partial charge is 0.373 e. The van der Waals surface area contributed by atoms with Gasteiger partial charge in [0.2, 0.25) is 0 Å². The molecule has 0 amide bonds. The van der Waals surface area contributed by atoms with E-state index in [0.717, 1.165) is 36.0 Å². The third-order valence-corrected chi connectivity index (χ3v) is 4.11. The van der Waals surface area contributed by atoms with E-state index in [2.05, 4.69) is 41.4 Å². The molecule has 1 aliphatic rings. The van der Waals surface area contributed by atoms with Gasteiger partial charge in [-0.05, 0) is 31.6 Å². The Bertz CT molecular complexity index is 438. The van der Waals surface area contributed by atoms with Gasteiger partial charge in [-0.15, -0.1) is 0 Å². The number of hydrogen-bond donors (Lipinski definition) is 2. The minimum absolute atomic E-state index is 0.540. The molecule has 0 aromatic carbocycles. The molecule has 1 saturated carbocycles. The summed E-state index contributed by atoms with van der Waals surface area (Å²) in [6, 6.07) is 0. The molecule has 1 aliphatic carbocycles. The summed E-state index contributed by atoms with van der Waals surface area (Å²) in [5.41, 5.74) is 1.66. The molecule has 4 nitrogen and oxygen atoms in total. The third-order valence-electron chi connectivity index (χ3n) is 4.11. The van der Waals surface area contributed by atoms with Crippen LogP contribution in [-0.2, 0) is 6.42 Å². The zero-order valence-corrected chi connectivity index (χ0v) is 12.6. The van der Waals surface area contributed by atoms with E-state index < -0.39 is 0 Å². The maximum Gasteiger partial charge on any atom is 0.134 e. The van der Waals surface area contributed by atoms with Crippen molar-refractivity contribution < 1.29 is 0 Å². The van der Waals surface area contributed by atoms with Crippen molar-refractivity contribution in [2.75, 3.05) is 24.2 Å². The molecule has 1 aromatic rings. The van der Waals surface area contributed by atoms with Gasteiger partial charge in [0, 0.05) is 25.6 Å². The highest BCUT2D eigenvalue weighted by molar-refractivity contribution is 5.57. The van der Waals surface area contributed by atoms with Crippen LogP contribution in [0.3, 0.4) is 0 Å². The van der Waals surface area contributed by atoms with Gasteiger partial charge in [-0.25, -0.2) is 9.97 Å². The van der Waals surface area contributed by atoms with Crippen LogP contribution in [0.25, 0.3) is 0 Å². The first-order chi connectivity index (χ1) is 9.14. The van der Waals surface area contributed by atoms with Crippen LogP contribution >= 0.6 is 0 Å². The summed E-state index contributed by atoms with van der Waals surface area (Å²) in [7, 11) is 1.91. The molecule has 2 N–H and O–H groups in total. The fourth-order valence-corrected chi connectivity index (χ4v) is 2.63. The monoisotopic (exact) mass is 262 g/mol. The molecule has 1 heterocycles. The molecule has 0 unspecified atom stereocenters. The SMILES string of the molecule is CCCC1(CNc2nc(CC)nc(NC)c2C)CC1. The predicted octanol–water partition coefficient (Wildman–Crippen LogP) is 3.38. The van der Waals surface area contributed by atoms with Gasteiger partial charge in [0.15, 0.2) is 0 Å². The molecular formula is C15H26N4. The van der Waals surface area contributed by atoms with Gasteiger partial charge in [0.05, 0.1) is 0 Å². The van der Waals surface area contributed by atoms with E-state index in [4.69, 9.17) is 0 Å². The van der Waals surface area contributed by atoms with Gasteiger partial charge in [0.1, 0.15) is 17.5 Å². The van der Waals surface area contributed by atoms with Crippen molar-refractivity contribution in [3.8, 4) is 0 Å². The Morgan fingerprint density at radius 2 is 1.84 bits per heavy atom. The van der Waals surface area contributed by atoms with Gasteiger partial charge < -0.3 is 10.6 Å². The molecule has 1 aromatic heterocycles. The Hall–Kier alpha value is -1.32. The Labute approximate surface area is 116 Å². The lowest BCUT2D eigenvalue weighted by Crippen LogP contribution is -2.18. The molecule has 106 valence electrons. The normalized spacial score (nSPS) is 16.2. The summed E-state index contributed by atoms with van der Waals surface area (Å²) in [6.45, 7) is 7.48. The standard InChI is InChI=1S/C15H26N4/c1-5-7-15(8-9-15)10-17-14-11(3)13(16-4)18-12(6-2)19-14/h5-10H2,1-4H3,(H2,16,17,18,19). The molecule has 0 spiro atoms. The summed E-state index contributed by atoms with van der Waals surface area (Å²) in [6.07, 6.45) is 6.18. The van der Waals surface area contributed by atoms with Gasteiger partial charge in [-0.1, -0.05) is 20.3 Å². The summed E-state index contributed by atoms with van der Waals surface area (Å²) < 4.78 is 0. The Morgan fingerprint density at radius 3 is 2.37 bits per heavy atom. The van der Waals surface area contributed by atoms with Crippen molar-refractivity contribution in [1.29, 1.82) is 0 Å². The van der Waals surface area contributed by atoms with E-state index in [9.17, 15) is 0 Å². The lowest BCUT2D eigenvalue weighted by atomic mass is 10.0. The third kappa shape index (κ3) is 3.17. The second-order valence-corrected chi connectivity index (χ2v) is 5.67. The molecule has 1 fully saturated rings. The van der Waals surface area contributed by atoms with E-state index in [1.54, 1.807) is 0 Å². The molecule has 19 heavy (non-hydrogen) atoms. The smallest absolute Gasteiger partial charge is 0.134 e. The van der Waals surface area contributed by atoms with Gasteiger partial charge >= 0.3 is 0 Å². The van der Waals surface area contributed by atoms with E-state index in [-0.39, 0.29) is 0 Å². The van der Waals surface area contributed by atoms with Crippen LogP contribution in [0.4, 0.5) is 11.6 Å². The summed E-state index contributed by atoms with van der Waals surface area (Å²) >= 11 is 0. The number of nitrogens with one attached hydrogen (secondary N) is 2. The average molecular weight is 262 g/mol. The van der Waals surface area contributed by atoms with Crippen LogP contribution in [0.5, 0.6) is 0 Å². The van der Waals surface area contributed by atoms with Gasteiger partial charge in [0.25, 0.3) is 0 Å². The van der Waals surface area contributed by atoms with Crippen molar-refractivity contribution in [2.24, 2.45) is 5.41 Å². The Morgan fingerprint density at radius 1 is 1.16 bits per heavy atom. The average Bonchev–Trinajstić information content (AvgIpc) is 3.18. The van der Waals surface area contributed by atoms with Crippen LogP contribution in [0.1, 0.15) is 50.9 Å². The van der Waals surface area contributed by atoms with Crippen LogP contribution in [0.2, 0.25) is 0 Å². The first-order valence-electron chi connectivity index (χ1n) is 7.43. The molecule has 0 saturated heterocycles. The first-order valence-corrected chi connectivity index (χ1v) is 7.43. The molecule has 2 rings (SSSR count). The van der Waals surface area contributed by atoms with Crippen molar-refractivity contribution in [2.45, 2.75) is 52.9 Å². The second-order valence-electron chi connectivity index (χ2n) is 5.67. The van der Waals surface area contributed by atoms with E-state index in [1.807, 2.05) is 7.05 Å². The van der Waals surface area contributed by atoms with E-state index >= 15 is 0 Å². The number of aryl methyl sites for hydroxylation is 1. The highest BCUT2D eigenvalue weighted by Gasteiger charge is 2.41. The number of anilines is 2. The molecule has 0 bridgehead atoms. The van der Waals surface area contributed by atoms with Gasteiger partial charge in [-0.2, -0.15) is 0 Å². The molecular weight excluding hydrogens is 236 g/mol. The maximum atomic E-state index is 4.63. The number of rotatable bonds is 7. The van der Waals surface area contributed by atoms with Crippen LogP contribution in [-0.4, -0.2) is 23.6 Å². The van der Waals surface area contributed by atoms with Crippen LogP contribution < -0.4 is 10.6 Å². The lowest BCUT2D eigenvalue weighted by molar-refractivity contribution is 0.485. The topological polar surface area (TPSA) is 49.8 Å². The minimum Gasteiger partial charge on any atom is -0.373 e. The highest BCUT2D eigenvalue weighted by atomic mass is 15.1. The zero-order valence-electron chi connectivity index (χ0n) is 12.6. The number of nitrogens with zero attached hydrogens (tertiary/aromatic N) is 2. The Kier molecular flexibility index (Phi) is 4.27. The summed E-state index contributed by atoms with van der Waals surface area (Å²) in [5.74, 6) is 2.84.